The molecule has 0 aromatic heterocycles. The molecule has 1 aromatic carbocycles. The molecular formula is C12H18NOS-. The van der Waals surface area contributed by atoms with Gasteiger partial charge in [-0.05, 0) is 11.8 Å². The molecule has 84 valence electrons. The minimum absolute atomic E-state index is 0.313. The van der Waals surface area contributed by atoms with E-state index in [4.69, 9.17) is 4.78 Å². The summed E-state index contributed by atoms with van der Waals surface area (Å²) in [6, 6.07) is 5.93. The Hall–Kier alpha value is -0.830. The van der Waals surface area contributed by atoms with Crippen molar-refractivity contribution in [3.63, 3.8) is 0 Å². The summed E-state index contributed by atoms with van der Waals surface area (Å²) in [6.07, 6.45) is 0. The zero-order valence-electron chi connectivity index (χ0n) is 9.70. The third-order valence-electron chi connectivity index (χ3n) is 2.51. The van der Waals surface area contributed by atoms with Crippen LogP contribution in [0.3, 0.4) is 0 Å². The quantitative estimate of drug-likeness (QED) is 0.774. The van der Waals surface area contributed by atoms with E-state index < -0.39 is 10.6 Å². The van der Waals surface area contributed by atoms with Gasteiger partial charge in [-0.2, -0.15) is 10.6 Å². The molecule has 1 rings (SSSR count). The predicted octanol–water partition coefficient (Wildman–Crippen LogP) is 4.02. The van der Waals surface area contributed by atoms with Gasteiger partial charge < -0.3 is 8.99 Å². The maximum atomic E-state index is 11.5. The minimum atomic E-state index is -1.64. The number of rotatable bonds is 3. The number of hydrogen-bond acceptors (Lipinski definition) is 3. The van der Waals surface area contributed by atoms with Crippen LogP contribution in [-0.2, 0) is 14.8 Å². The van der Waals surface area contributed by atoms with Crippen LogP contribution in [0.5, 0.6) is 0 Å². The molecule has 0 fully saturated rings. The molecule has 0 saturated heterocycles. The highest BCUT2D eigenvalue weighted by Crippen LogP contribution is 2.28. The van der Waals surface area contributed by atoms with Crippen LogP contribution < -0.4 is 0 Å². The molecule has 0 aliphatic rings. The highest BCUT2D eigenvalue weighted by atomic mass is 32.2. The van der Waals surface area contributed by atoms with Crippen molar-refractivity contribution in [2.24, 2.45) is 0 Å². The fraction of sp³-hybridized carbons (Fsp3) is 0.500. The van der Waals surface area contributed by atoms with Crippen LogP contribution >= 0.6 is 0 Å². The smallest absolute Gasteiger partial charge is 0.0233 e. The fourth-order valence-corrected chi connectivity index (χ4v) is 2.73. The maximum Gasteiger partial charge on any atom is -0.0233 e. The molecule has 2 nitrogen and oxygen atoms in total. The van der Waals surface area contributed by atoms with Crippen molar-refractivity contribution in [3.05, 3.63) is 29.3 Å². The second-order valence-corrected chi connectivity index (χ2v) is 5.29. The van der Waals surface area contributed by atoms with Crippen molar-refractivity contribution in [2.45, 2.75) is 44.4 Å². The lowest BCUT2D eigenvalue weighted by Crippen LogP contribution is -2.00. The topological polar surface area (TPSA) is 40.9 Å². The summed E-state index contributed by atoms with van der Waals surface area (Å²) in [5.41, 5.74) is 2.07. The average molecular weight is 224 g/mol. The summed E-state index contributed by atoms with van der Waals surface area (Å²) in [7, 11) is -1.64. The molecule has 0 bridgehead atoms. The van der Waals surface area contributed by atoms with Crippen molar-refractivity contribution in [3.8, 4) is 0 Å². The lowest BCUT2D eigenvalue weighted by atomic mass is 9.95. The summed E-state index contributed by atoms with van der Waals surface area (Å²) in [5, 5.41) is 0. The van der Waals surface area contributed by atoms with E-state index in [2.05, 4.69) is 27.7 Å². The van der Waals surface area contributed by atoms with Crippen LogP contribution in [-0.4, -0.2) is 0 Å². The first kappa shape index (κ1) is 12.2. The third-order valence-corrected chi connectivity index (χ3v) is 3.35. The molecule has 0 atom stereocenters. The zero-order chi connectivity index (χ0) is 11.6. The van der Waals surface area contributed by atoms with Gasteiger partial charge in [0.15, 0.2) is 0 Å². The Kier molecular flexibility index (Phi) is 3.91. The second-order valence-electron chi connectivity index (χ2n) is 4.34. The lowest BCUT2D eigenvalue weighted by molar-refractivity contribution is 0.596. The van der Waals surface area contributed by atoms with E-state index in [1.165, 1.54) is 0 Å². The van der Waals surface area contributed by atoms with E-state index in [0.29, 0.717) is 16.7 Å². The molecule has 1 aromatic rings. The molecule has 1 N–H and O–H groups in total. The molecule has 3 heteroatoms. The van der Waals surface area contributed by atoms with Crippen LogP contribution in [0.1, 0.15) is 50.7 Å². The monoisotopic (exact) mass is 224 g/mol. The Morgan fingerprint density at radius 1 is 1.07 bits per heavy atom. The first-order chi connectivity index (χ1) is 6.95. The van der Waals surface area contributed by atoms with Crippen LogP contribution in [0.15, 0.2) is 23.1 Å². The number of benzene rings is 1. The van der Waals surface area contributed by atoms with E-state index in [1.807, 2.05) is 18.2 Å². The van der Waals surface area contributed by atoms with Crippen LogP contribution in [0, 0.1) is 4.78 Å². The standard InChI is InChI=1S/C12H18NOS/c1-8(2)10-6-5-7-11(9(3)4)12(10)15(13)14/h5-9,13H,1-4H3/q-1. The van der Waals surface area contributed by atoms with Gasteiger partial charge >= 0.3 is 0 Å². The van der Waals surface area contributed by atoms with Crippen molar-refractivity contribution >= 4 is 10.6 Å². The largest absolute Gasteiger partial charge is 0.440 e. The molecule has 0 saturated carbocycles. The summed E-state index contributed by atoms with van der Waals surface area (Å²) in [5.74, 6) is 0.626. The first-order valence-electron chi connectivity index (χ1n) is 5.21. The molecule has 15 heavy (non-hydrogen) atoms. The van der Waals surface area contributed by atoms with Gasteiger partial charge in [-0.1, -0.05) is 61.9 Å². The highest BCUT2D eigenvalue weighted by molar-refractivity contribution is 7.73. The van der Waals surface area contributed by atoms with Gasteiger partial charge in [0.25, 0.3) is 0 Å². The summed E-state index contributed by atoms with van der Waals surface area (Å²) in [4.78, 5) is 0.711. The van der Waals surface area contributed by atoms with E-state index in [9.17, 15) is 4.21 Å². The van der Waals surface area contributed by atoms with Gasteiger partial charge in [-0.3, -0.25) is 0 Å². The Morgan fingerprint density at radius 3 is 1.73 bits per heavy atom. The fourth-order valence-electron chi connectivity index (χ4n) is 1.70. The summed E-state index contributed by atoms with van der Waals surface area (Å²) < 4.78 is 18.9. The Bertz CT molecular complexity index is 385. The van der Waals surface area contributed by atoms with E-state index in [1.54, 1.807) is 0 Å². The van der Waals surface area contributed by atoms with E-state index >= 15 is 0 Å². The Balaban J connectivity index is 3.49. The van der Waals surface area contributed by atoms with E-state index in [0.717, 1.165) is 11.1 Å². The van der Waals surface area contributed by atoms with Crippen LogP contribution in [0.25, 0.3) is 0 Å². The first-order valence-corrected chi connectivity index (χ1v) is 6.36. The SMILES string of the molecule is CC(C)c1cccc(C(C)C)c1[S-](=N)=O. The molecular weight excluding hydrogens is 206 g/mol. The van der Waals surface area contributed by atoms with Gasteiger partial charge in [0.1, 0.15) is 0 Å². The second kappa shape index (κ2) is 4.79. The normalized spacial score (nSPS) is 11.7. The molecule has 0 aliphatic carbocycles. The molecule has 0 radical (unpaired) electrons. The number of nitrogens with one attached hydrogen (secondary N) is 1. The molecule has 0 heterocycles. The summed E-state index contributed by atoms with van der Waals surface area (Å²) >= 11 is 0. The van der Waals surface area contributed by atoms with Gasteiger partial charge in [0.2, 0.25) is 0 Å². The van der Waals surface area contributed by atoms with Crippen molar-refractivity contribution in [1.29, 1.82) is 4.78 Å². The van der Waals surface area contributed by atoms with Crippen molar-refractivity contribution in [2.75, 3.05) is 0 Å². The molecule has 0 spiro atoms. The van der Waals surface area contributed by atoms with Gasteiger partial charge in [0, 0.05) is 0 Å². The maximum absolute atomic E-state index is 11.5. The van der Waals surface area contributed by atoms with Gasteiger partial charge in [-0.15, -0.1) is 0 Å². The highest BCUT2D eigenvalue weighted by Gasteiger charge is 2.08. The molecule has 0 aliphatic heterocycles. The third kappa shape index (κ3) is 2.59. The molecule has 0 unspecified atom stereocenters. The van der Waals surface area contributed by atoms with Crippen LogP contribution in [0.2, 0.25) is 0 Å². The molecule has 0 amide bonds. The Morgan fingerprint density at radius 2 is 1.47 bits per heavy atom. The van der Waals surface area contributed by atoms with Gasteiger partial charge in [0.05, 0.1) is 0 Å². The lowest BCUT2D eigenvalue weighted by Gasteiger charge is -2.21. The average Bonchev–Trinajstić information content (AvgIpc) is 2.16. The predicted molar refractivity (Wildman–Crippen MR) is 63.7 cm³/mol. The summed E-state index contributed by atoms with van der Waals surface area (Å²) in [6.45, 7) is 8.26. The minimum Gasteiger partial charge on any atom is -0.440 e. The number of hydrogen-bond donors (Lipinski definition) is 1. The Labute approximate surface area is 93.7 Å². The van der Waals surface area contributed by atoms with Crippen LogP contribution in [0.4, 0.5) is 0 Å². The van der Waals surface area contributed by atoms with Crippen molar-refractivity contribution < 1.29 is 4.21 Å². The van der Waals surface area contributed by atoms with Crippen molar-refractivity contribution in [1.82, 2.24) is 0 Å². The van der Waals surface area contributed by atoms with Gasteiger partial charge in [-0.25, -0.2) is 0 Å². The van der Waals surface area contributed by atoms with E-state index in [-0.39, 0.29) is 0 Å². The zero-order valence-corrected chi connectivity index (χ0v) is 10.5.